The van der Waals surface area contributed by atoms with Crippen LogP contribution in [0.4, 0.5) is 10.5 Å². The fraction of sp³-hybridized carbons (Fsp3) is 0.0714. The molecule has 3 heteroatoms. The second-order valence-electron chi connectivity index (χ2n) is 3.65. The third kappa shape index (κ3) is 3.08. The van der Waals surface area contributed by atoms with Gasteiger partial charge in [-0.25, -0.2) is 4.79 Å². The molecule has 86 valence electrons. The van der Waals surface area contributed by atoms with Crippen molar-refractivity contribution in [1.29, 1.82) is 0 Å². The SMILES string of the molecule is Cc1ccccc1OC(=O)Nc1ccccc1. The van der Waals surface area contributed by atoms with Crippen LogP contribution in [0.3, 0.4) is 0 Å². The molecular formula is C14H13NO2. The number of benzene rings is 2. The van der Waals surface area contributed by atoms with Gasteiger partial charge >= 0.3 is 6.09 Å². The summed E-state index contributed by atoms with van der Waals surface area (Å²) in [7, 11) is 0. The average molecular weight is 227 g/mol. The van der Waals surface area contributed by atoms with Crippen molar-refractivity contribution in [2.75, 3.05) is 5.32 Å². The summed E-state index contributed by atoms with van der Waals surface area (Å²) in [5, 5.41) is 2.66. The van der Waals surface area contributed by atoms with Gasteiger partial charge in [0.05, 0.1) is 0 Å². The normalized spacial score (nSPS) is 9.71. The largest absolute Gasteiger partial charge is 0.417 e. The smallest absolute Gasteiger partial charge is 0.410 e. The Bertz CT molecular complexity index is 509. The Labute approximate surface area is 100 Å². The number of rotatable bonds is 2. The van der Waals surface area contributed by atoms with Crippen LogP contribution in [0.15, 0.2) is 54.6 Å². The van der Waals surface area contributed by atoms with Crippen molar-refractivity contribution >= 4 is 11.8 Å². The minimum Gasteiger partial charge on any atom is -0.410 e. The van der Waals surface area contributed by atoms with Gasteiger partial charge in [0.1, 0.15) is 5.75 Å². The lowest BCUT2D eigenvalue weighted by atomic mass is 10.2. The molecule has 0 aromatic heterocycles. The Hall–Kier alpha value is -2.29. The third-order valence-corrected chi connectivity index (χ3v) is 2.32. The van der Waals surface area contributed by atoms with Gasteiger partial charge in [0.2, 0.25) is 0 Å². The van der Waals surface area contributed by atoms with Crippen molar-refractivity contribution in [2.45, 2.75) is 6.92 Å². The molecular weight excluding hydrogens is 214 g/mol. The van der Waals surface area contributed by atoms with Crippen molar-refractivity contribution < 1.29 is 9.53 Å². The maximum absolute atomic E-state index is 11.6. The number of ether oxygens (including phenoxy) is 1. The molecule has 0 heterocycles. The van der Waals surface area contributed by atoms with E-state index in [-0.39, 0.29) is 0 Å². The standard InChI is InChI=1S/C14H13NO2/c1-11-7-5-6-10-13(11)17-14(16)15-12-8-3-2-4-9-12/h2-10H,1H3,(H,15,16). The van der Waals surface area contributed by atoms with Crippen LogP contribution < -0.4 is 10.1 Å². The molecule has 0 atom stereocenters. The lowest BCUT2D eigenvalue weighted by Crippen LogP contribution is -2.17. The monoisotopic (exact) mass is 227 g/mol. The van der Waals surface area contributed by atoms with Gasteiger partial charge in [-0.2, -0.15) is 0 Å². The van der Waals surface area contributed by atoms with Gasteiger partial charge in [-0.15, -0.1) is 0 Å². The zero-order valence-electron chi connectivity index (χ0n) is 9.51. The third-order valence-electron chi connectivity index (χ3n) is 2.32. The van der Waals surface area contributed by atoms with E-state index in [1.807, 2.05) is 43.3 Å². The van der Waals surface area contributed by atoms with Crippen LogP contribution in [0.1, 0.15) is 5.56 Å². The molecule has 0 unspecified atom stereocenters. The zero-order valence-corrected chi connectivity index (χ0v) is 9.51. The van der Waals surface area contributed by atoms with Gasteiger partial charge in [0.15, 0.2) is 0 Å². The van der Waals surface area contributed by atoms with E-state index in [4.69, 9.17) is 4.74 Å². The zero-order chi connectivity index (χ0) is 12.1. The van der Waals surface area contributed by atoms with Crippen LogP contribution in [-0.4, -0.2) is 6.09 Å². The van der Waals surface area contributed by atoms with Crippen molar-refractivity contribution in [3.05, 3.63) is 60.2 Å². The van der Waals surface area contributed by atoms with E-state index < -0.39 is 6.09 Å². The molecule has 0 aliphatic carbocycles. The summed E-state index contributed by atoms with van der Waals surface area (Å²) in [6.07, 6.45) is -0.481. The Morgan fingerprint density at radius 1 is 1.00 bits per heavy atom. The summed E-state index contributed by atoms with van der Waals surface area (Å²) < 4.78 is 5.20. The fourth-order valence-electron chi connectivity index (χ4n) is 1.44. The van der Waals surface area contributed by atoms with Crippen molar-refractivity contribution in [2.24, 2.45) is 0 Å². The number of anilines is 1. The fourth-order valence-corrected chi connectivity index (χ4v) is 1.44. The molecule has 17 heavy (non-hydrogen) atoms. The predicted octanol–water partition coefficient (Wildman–Crippen LogP) is 3.61. The van der Waals surface area contributed by atoms with E-state index in [2.05, 4.69) is 5.32 Å². The van der Waals surface area contributed by atoms with E-state index in [0.29, 0.717) is 11.4 Å². The minimum atomic E-state index is -0.481. The van der Waals surface area contributed by atoms with Crippen LogP contribution in [0.5, 0.6) is 5.75 Å². The molecule has 0 saturated heterocycles. The van der Waals surface area contributed by atoms with Gasteiger partial charge in [0, 0.05) is 5.69 Å². The number of hydrogen-bond acceptors (Lipinski definition) is 2. The van der Waals surface area contributed by atoms with Gasteiger partial charge in [-0.1, -0.05) is 36.4 Å². The molecule has 1 N–H and O–H groups in total. The highest BCUT2D eigenvalue weighted by atomic mass is 16.6. The van der Waals surface area contributed by atoms with Gasteiger partial charge < -0.3 is 4.74 Å². The van der Waals surface area contributed by atoms with Crippen LogP contribution in [0.25, 0.3) is 0 Å². The summed E-state index contributed by atoms with van der Waals surface area (Å²) in [6.45, 7) is 1.89. The first-order valence-corrected chi connectivity index (χ1v) is 5.35. The van der Waals surface area contributed by atoms with E-state index in [1.54, 1.807) is 18.2 Å². The summed E-state index contributed by atoms with van der Waals surface area (Å²) in [4.78, 5) is 11.6. The molecule has 0 radical (unpaired) electrons. The second-order valence-corrected chi connectivity index (χ2v) is 3.65. The van der Waals surface area contributed by atoms with E-state index >= 15 is 0 Å². The van der Waals surface area contributed by atoms with Gasteiger partial charge in [-0.05, 0) is 30.7 Å². The first-order valence-electron chi connectivity index (χ1n) is 5.35. The molecule has 0 spiro atoms. The molecule has 2 rings (SSSR count). The van der Waals surface area contributed by atoms with Crippen LogP contribution in [-0.2, 0) is 0 Å². The molecule has 0 saturated carbocycles. The highest BCUT2D eigenvalue weighted by Gasteiger charge is 2.06. The number of amides is 1. The van der Waals surface area contributed by atoms with Crippen molar-refractivity contribution in [1.82, 2.24) is 0 Å². The average Bonchev–Trinajstić information content (AvgIpc) is 2.33. The molecule has 0 aliphatic heterocycles. The number of carbonyl (C=O) groups is 1. The number of nitrogens with one attached hydrogen (secondary N) is 1. The topological polar surface area (TPSA) is 38.3 Å². The number of para-hydroxylation sites is 2. The van der Waals surface area contributed by atoms with Crippen LogP contribution in [0.2, 0.25) is 0 Å². The first kappa shape index (κ1) is 11.2. The highest BCUT2D eigenvalue weighted by molar-refractivity contribution is 5.86. The Morgan fingerprint density at radius 3 is 2.35 bits per heavy atom. The Morgan fingerprint density at radius 2 is 1.65 bits per heavy atom. The summed E-state index contributed by atoms with van der Waals surface area (Å²) >= 11 is 0. The summed E-state index contributed by atoms with van der Waals surface area (Å²) in [5.74, 6) is 0.570. The molecule has 2 aromatic carbocycles. The number of carbonyl (C=O) groups excluding carboxylic acids is 1. The Balaban J connectivity index is 2.01. The van der Waals surface area contributed by atoms with E-state index in [1.165, 1.54) is 0 Å². The van der Waals surface area contributed by atoms with Crippen molar-refractivity contribution in [3.63, 3.8) is 0 Å². The molecule has 1 amide bonds. The van der Waals surface area contributed by atoms with E-state index in [0.717, 1.165) is 5.56 Å². The van der Waals surface area contributed by atoms with Crippen LogP contribution >= 0.6 is 0 Å². The molecule has 2 aromatic rings. The number of hydrogen-bond donors (Lipinski definition) is 1. The first-order chi connectivity index (χ1) is 8.25. The highest BCUT2D eigenvalue weighted by Crippen LogP contribution is 2.17. The van der Waals surface area contributed by atoms with Gasteiger partial charge in [0.25, 0.3) is 0 Å². The predicted molar refractivity (Wildman–Crippen MR) is 67.3 cm³/mol. The molecule has 0 fully saturated rings. The van der Waals surface area contributed by atoms with E-state index in [9.17, 15) is 4.79 Å². The maximum Gasteiger partial charge on any atom is 0.417 e. The molecule has 3 nitrogen and oxygen atoms in total. The number of aryl methyl sites for hydroxylation is 1. The van der Waals surface area contributed by atoms with Crippen LogP contribution in [0, 0.1) is 6.92 Å². The van der Waals surface area contributed by atoms with Gasteiger partial charge in [-0.3, -0.25) is 5.32 Å². The molecule has 0 bridgehead atoms. The lowest BCUT2D eigenvalue weighted by Gasteiger charge is -2.08. The minimum absolute atomic E-state index is 0.481. The second kappa shape index (κ2) is 5.16. The lowest BCUT2D eigenvalue weighted by molar-refractivity contribution is 0.215. The summed E-state index contributed by atoms with van der Waals surface area (Å²) in [5.41, 5.74) is 1.64. The summed E-state index contributed by atoms with van der Waals surface area (Å²) in [6, 6.07) is 16.6. The Kier molecular flexibility index (Phi) is 3.40. The van der Waals surface area contributed by atoms with Crippen molar-refractivity contribution in [3.8, 4) is 5.75 Å². The molecule has 0 aliphatic rings. The maximum atomic E-state index is 11.6. The quantitative estimate of drug-likeness (QED) is 0.851.